The highest BCUT2D eigenvalue weighted by Gasteiger charge is 2.63. The molecule has 7 atom stereocenters. The maximum atomic E-state index is 12.6. The van der Waals surface area contributed by atoms with E-state index in [-0.39, 0.29) is 18.1 Å². The summed E-state index contributed by atoms with van der Waals surface area (Å²) in [4.78, 5) is 14.5. The van der Waals surface area contributed by atoms with E-state index in [0.717, 1.165) is 32.1 Å². The maximum Gasteiger partial charge on any atom is 0.237 e. The van der Waals surface area contributed by atoms with Crippen molar-refractivity contribution in [2.45, 2.75) is 69.2 Å². The third-order valence-electron chi connectivity index (χ3n) is 7.51. The number of piperidine rings is 1. The number of likely N-dealkylation sites (tertiary alicyclic amines) is 1. The highest BCUT2D eigenvalue weighted by atomic mass is 16.3. The fourth-order valence-corrected chi connectivity index (χ4v) is 6.24. The zero-order chi connectivity index (χ0) is 15.8. The Labute approximate surface area is 137 Å². The van der Waals surface area contributed by atoms with Gasteiger partial charge in [-0.2, -0.15) is 5.26 Å². The van der Waals surface area contributed by atoms with Crippen molar-refractivity contribution in [3.63, 3.8) is 0 Å². The third-order valence-corrected chi connectivity index (χ3v) is 7.51. The van der Waals surface area contributed by atoms with E-state index in [0.29, 0.717) is 41.8 Å². The number of rotatable bonds is 3. The van der Waals surface area contributed by atoms with Crippen molar-refractivity contribution in [2.24, 2.45) is 23.2 Å². The Morgan fingerprint density at radius 1 is 1.22 bits per heavy atom. The topological polar surface area (TPSA) is 76.4 Å². The Hall–Kier alpha value is -1.12. The normalized spacial score (nSPS) is 48.2. The summed E-state index contributed by atoms with van der Waals surface area (Å²) in [5.74, 6) is 2.02. The van der Waals surface area contributed by atoms with Crippen molar-refractivity contribution in [1.82, 2.24) is 10.2 Å². The first-order chi connectivity index (χ1) is 11.1. The summed E-state index contributed by atoms with van der Waals surface area (Å²) in [5, 5.41) is 22.7. The molecule has 5 aliphatic rings. The number of carbonyl (C=O) groups excluding carboxylic acids is 1. The van der Waals surface area contributed by atoms with Gasteiger partial charge in [0.15, 0.2) is 0 Å². The highest BCUT2D eigenvalue weighted by Crippen LogP contribution is 2.67. The number of fused-ring (bicyclic) bond motifs is 3. The lowest BCUT2D eigenvalue weighted by atomic mass is 9.87. The molecule has 1 spiro atoms. The number of aliphatic hydroxyl groups excluding tert-OH is 1. The average Bonchev–Trinajstić information content (AvgIpc) is 3.40. The summed E-state index contributed by atoms with van der Waals surface area (Å²) in [6.45, 7) is 0.385. The molecule has 124 valence electrons. The largest absolute Gasteiger partial charge is 0.393 e. The minimum Gasteiger partial charge on any atom is -0.393 e. The molecule has 4 saturated carbocycles. The van der Waals surface area contributed by atoms with Crippen LogP contribution in [0.5, 0.6) is 0 Å². The quantitative estimate of drug-likeness (QED) is 0.815. The van der Waals surface area contributed by atoms with E-state index in [2.05, 4.69) is 11.4 Å². The number of nitriles is 1. The van der Waals surface area contributed by atoms with Gasteiger partial charge in [-0.25, -0.2) is 0 Å². The number of carbonyl (C=O) groups is 1. The molecule has 0 aromatic heterocycles. The van der Waals surface area contributed by atoms with Crippen LogP contribution >= 0.6 is 0 Å². The molecular formula is C18H25N3O2. The van der Waals surface area contributed by atoms with Crippen LogP contribution in [0.1, 0.15) is 44.9 Å². The van der Waals surface area contributed by atoms with E-state index in [1.807, 2.05) is 4.90 Å². The molecule has 0 aromatic carbocycles. The molecule has 1 aliphatic heterocycles. The monoisotopic (exact) mass is 315 g/mol. The van der Waals surface area contributed by atoms with Crippen molar-refractivity contribution < 1.29 is 9.90 Å². The van der Waals surface area contributed by atoms with Crippen molar-refractivity contribution in [3.05, 3.63) is 0 Å². The zero-order valence-electron chi connectivity index (χ0n) is 13.4. The minimum atomic E-state index is -0.193. The molecule has 5 nitrogen and oxygen atoms in total. The lowest BCUT2D eigenvalue weighted by Gasteiger charge is -2.27. The van der Waals surface area contributed by atoms with Crippen LogP contribution in [0.3, 0.4) is 0 Å². The molecule has 5 rings (SSSR count). The van der Waals surface area contributed by atoms with Gasteiger partial charge >= 0.3 is 0 Å². The number of amides is 1. The average molecular weight is 315 g/mol. The standard InChI is InChI=1S/C18H25N3O2/c19-8-12-3-11-5-15(11)21(12)17(23)9-20-16-6-10-4-13(22)7-14(10)18(16)1-2-18/h10-16,20,22H,1-7,9H2/t10-,11-,12+,13-,14-,15+,16-/m1/s1. The number of hydrogen-bond donors (Lipinski definition) is 2. The van der Waals surface area contributed by atoms with Gasteiger partial charge in [0.1, 0.15) is 6.04 Å². The van der Waals surface area contributed by atoms with Crippen LogP contribution in [0.25, 0.3) is 0 Å². The summed E-state index contributed by atoms with van der Waals surface area (Å²) < 4.78 is 0. The van der Waals surface area contributed by atoms with Crippen LogP contribution in [-0.2, 0) is 4.79 Å². The Morgan fingerprint density at radius 2 is 2.04 bits per heavy atom. The van der Waals surface area contributed by atoms with E-state index in [9.17, 15) is 15.2 Å². The fourth-order valence-electron chi connectivity index (χ4n) is 6.24. The van der Waals surface area contributed by atoms with Gasteiger partial charge in [0, 0.05) is 12.1 Å². The Kier molecular flexibility index (Phi) is 2.91. The minimum absolute atomic E-state index is 0.0992. The molecule has 1 saturated heterocycles. The van der Waals surface area contributed by atoms with Gasteiger partial charge in [0.2, 0.25) is 5.91 Å². The van der Waals surface area contributed by atoms with E-state index < -0.39 is 0 Å². The van der Waals surface area contributed by atoms with E-state index in [1.165, 1.54) is 12.8 Å². The molecular weight excluding hydrogens is 290 g/mol. The molecule has 5 heteroatoms. The Morgan fingerprint density at radius 3 is 2.78 bits per heavy atom. The molecule has 0 radical (unpaired) electrons. The molecule has 4 aliphatic carbocycles. The first-order valence-electron chi connectivity index (χ1n) is 9.24. The lowest BCUT2D eigenvalue weighted by molar-refractivity contribution is -0.131. The number of nitrogens with zero attached hydrogens (tertiary/aromatic N) is 2. The van der Waals surface area contributed by atoms with Crippen molar-refractivity contribution in [1.29, 1.82) is 5.26 Å². The van der Waals surface area contributed by atoms with Gasteiger partial charge in [-0.3, -0.25) is 4.79 Å². The molecule has 1 heterocycles. The molecule has 0 aromatic rings. The van der Waals surface area contributed by atoms with Gasteiger partial charge in [-0.05, 0) is 68.1 Å². The van der Waals surface area contributed by atoms with Crippen LogP contribution < -0.4 is 5.32 Å². The van der Waals surface area contributed by atoms with Crippen LogP contribution in [0, 0.1) is 34.5 Å². The number of nitrogens with one attached hydrogen (secondary N) is 1. The predicted octanol–water partition coefficient (Wildman–Crippen LogP) is 1.03. The fraction of sp³-hybridized carbons (Fsp3) is 0.889. The molecule has 1 amide bonds. The second-order valence-electron chi connectivity index (χ2n) is 8.64. The van der Waals surface area contributed by atoms with Crippen molar-refractivity contribution in [3.8, 4) is 6.07 Å². The predicted molar refractivity (Wildman–Crippen MR) is 83.1 cm³/mol. The SMILES string of the molecule is N#C[C@@H]1C[C@@H]2C[C@@H]2N1C(=O)CN[C@@H]1C[C@H]2C[C@@H](O)C[C@H]2C12CC2. The van der Waals surface area contributed by atoms with Crippen LogP contribution in [0.4, 0.5) is 0 Å². The molecule has 0 bridgehead atoms. The maximum absolute atomic E-state index is 12.6. The zero-order valence-corrected chi connectivity index (χ0v) is 13.4. The van der Waals surface area contributed by atoms with Gasteiger partial charge in [-0.1, -0.05) is 0 Å². The molecule has 5 fully saturated rings. The summed E-state index contributed by atoms with van der Waals surface area (Å²) >= 11 is 0. The van der Waals surface area contributed by atoms with Crippen LogP contribution in [0.15, 0.2) is 0 Å². The smallest absolute Gasteiger partial charge is 0.237 e. The van der Waals surface area contributed by atoms with E-state index >= 15 is 0 Å². The van der Waals surface area contributed by atoms with Gasteiger partial charge in [0.05, 0.1) is 18.7 Å². The van der Waals surface area contributed by atoms with Crippen molar-refractivity contribution in [2.75, 3.05) is 6.54 Å². The first-order valence-corrected chi connectivity index (χ1v) is 9.24. The summed E-state index contributed by atoms with van der Waals surface area (Å²) in [6, 6.07) is 2.89. The third kappa shape index (κ3) is 2.01. The number of aliphatic hydroxyl groups is 1. The van der Waals surface area contributed by atoms with Crippen molar-refractivity contribution >= 4 is 5.91 Å². The van der Waals surface area contributed by atoms with E-state index in [4.69, 9.17) is 0 Å². The second kappa shape index (κ2) is 4.70. The lowest BCUT2D eigenvalue weighted by Crippen LogP contribution is -2.46. The first kappa shape index (κ1) is 14.2. The second-order valence-corrected chi connectivity index (χ2v) is 8.64. The molecule has 2 N–H and O–H groups in total. The van der Waals surface area contributed by atoms with Crippen LogP contribution in [-0.4, -0.2) is 46.7 Å². The summed E-state index contributed by atoms with van der Waals surface area (Å²) in [7, 11) is 0. The number of hydrogen-bond acceptors (Lipinski definition) is 4. The molecule has 23 heavy (non-hydrogen) atoms. The van der Waals surface area contributed by atoms with Gasteiger partial charge in [0.25, 0.3) is 0 Å². The van der Waals surface area contributed by atoms with Gasteiger partial charge < -0.3 is 15.3 Å². The Bertz CT molecular complexity index is 581. The van der Waals surface area contributed by atoms with Gasteiger partial charge in [-0.15, -0.1) is 0 Å². The van der Waals surface area contributed by atoms with Crippen LogP contribution in [0.2, 0.25) is 0 Å². The highest BCUT2D eigenvalue weighted by molar-refractivity contribution is 5.80. The summed E-state index contributed by atoms with van der Waals surface area (Å²) in [6.07, 6.45) is 7.40. The molecule has 0 unspecified atom stereocenters. The Balaban J connectivity index is 1.22. The summed E-state index contributed by atoms with van der Waals surface area (Å²) in [5.41, 5.74) is 0.365. The van der Waals surface area contributed by atoms with E-state index in [1.54, 1.807) is 0 Å².